The summed E-state index contributed by atoms with van der Waals surface area (Å²) in [5.74, 6) is 1.41. The van der Waals surface area contributed by atoms with Gasteiger partial charge in [-0.05, 0) is 54.1 Å². The predicted molar refractivity (Wildman–Crippen MR) is 113 cm³/mol. The first-order chi connectivity index (χ1) is 14.6. The van der Waals surface area contributed by atoms with Crippen molar-refractivity contribution in [2.45, 2.75) is 25.9 Å². The van der Waals surface area contributed by atoms with Crippen molar-refractivity contribution in [3.63, 3.8) is 0 Å². The molecule has 2 aromatic carbocycles. The Labute approximate surface area is 176 Å². The molecule has 1 saturated heterocycles. The van der Waals surface area contributed by atoms with Crippen molar-refractivity contribution in [2.24, 2.45) is 0 Å². The summed E-state index contributed by atoms with van der Waals surface area (Å²) in [5.41, 5.74) is 2.09. The topological polar surface area (TPSA) is 59.3 Å². The Hall–Kier alpha value is -3.00. The summed E-state index contributed by atoms with van der Waals surface area (Å²) in [5, 5.41) is 12.5. The molecule has 0 spiro atoms. The van der Waals surface area contributed by atoms with Gasteiger partial charge in [0.1, 0.15) is 11.6 Å². The minimum atomic E-state index is -0.248. The van der Waals surface area contributed by atoms with Crippen LogP contribution in [0.25, 0.3) is 0 Å². The summed E-state index contributed by atoms with van der Waals surface area (Å²) < 4.78 is 21.0. The van der Waals surface area contributed by atoms with Gasteiger partial charge in [0.2, 0.25) is 0 Å². The van der Waals surface area contributed by atoms with Crippen LogP contribution in [0, 0.1) is 5.82 Å². The first-order valence-corrected chi connectivity index (χ1v) is 10.2. The monoisotopic (exact) mass is 410 g/mol. The minimum absolute atomic E-state index is 0.132. The van der Waals surface area contributed by atoms with Crippen molar-refractivity contribution < 1.29 is 9.13 Å². The summed E-state index contributed by atoms with van der Waals surface area (Å²) in [7, 11) is 1.70. The maximum absolute atomic E-state index is 13.6. The number of benzene rings is 2. The summed E-state index contributed by atoms with van der Waals surface area (Å²) in [6, 6.07) is 14.7. The molecule has 0 bridgehead atoms. The number of halogens is 1. The number of para-hydroxylation sites is 2. The van der Waals surface area contributed by atoms with Gasteiger partial charge >= 0.3 is 0 Å². The van der Waals surface area contributed by atoms with Crippen molar-refractivity contribution in [1.82, 2.24) is 25.1 Å². The number of ether oxygens (including phenoxy) is 1. The maximum atomic E-state index is 13.6. The molecule has 2 heterocycles. The number of rotatable bonds is 6. The van der Waals surface area contributed by atoms with Gasteiger partial charge in [-0.2, -0.15) is 0 Å². The molecule has 0 saturated carbocycles. The minimum Gasteiger partial charge on any atom is -0.495 e. The summed E-state index contributed by atoms with van der Waals surface area (Å²) in [4.78, 5) is 4.70. The lowest BCUT2D eigenvalue weighted by atomic mass is 10.0. The predicted octanol–water partition coefficient (Wildman–Crippen LogP) is 3.31. The molecular formula is C22H27FN6O. The van der Waals surface area contributed by atoms with Gasteiger partial charge in [-0.15, -0.1) is 5.10 Å². The van der Waals surface area contributed by atoms with E-state index in [9.17, 15) is 4.39 Å². The van der Waals surface area contributed by atoms with Crippen LogP contribution in [0.3, 0.4) is 0 Å². The third kappa shape index (κ3) is 4.00. The molecule has 158 valence electrons. The van der Waals surface area contributed by atoms with E-state index in [4.69, 9.17) is 4.74 Å². The van der Waals surface area contributed by atoms with Crippen LogP contribution in [0.15, 0.2) is 48.5 Å². The van der Waals surface area contributed by atoms with Gasteiger partial charge in [0.05, 0.1) is 24.9 Å². The smallest absolute Gasteiger partial charge is 0.173 e. The van der Waals surface area contributed by atoms with E-state index in [1.807, 2.05) is 35.0 Å². The van der Waals surface area contributed by atoms with Gasteiger partial charge in [-0.1, -0.05) is 24.3 Å². The number of hydrogen-bond donors (Lipinski definition) is 0. The number of methoxy groups -OCH3 is 1. The van der Waals surface area contributed by atoms with E-state index < -0.39 is 0 Å². The molecule has 1 aliphatic heterocycles. The highest BCUT2D eigenvalue weighted by atomic mass is 19.1. The van der Waals surface area contributed by atoms with Crippen molar-refractivity contribution in [3.8, 4) is 5.75 Å². The van der Waals surface area contributed by atoms with Gasteiger partial charge in [-0.3, -0.25) is 4.90 Å². The van der Waals surface area contributed by atoms with E-state index >= 15 is 0 Å². The number of hydrogen-bond acceptors (Lipinski definition) is 6. The van der Waals surface area contributed by atoms with Crippen LogP contribution in [0.5, 0.6) is 5.75 Å². The number of piperazine rings is 1. The van der Waals surface area contributed by atoms with Crippen molar-refractivity contribution in [2.75, 3.05) is 38.2 Å². The standard InChI is InChI=1S/C22H27FN6O/c1-16(2)29-22(24-25-26-29)21(17-8-10-18(23)11-9-17)28-14-12-27(13-15-28)19-6-4-5-7-20(19)30-3/h4-11,16,21H,12-15H2,1-3H3/t21-/m0/s1. The second kappa shape index (κ2) is 8.79. The SMILES string of the molecule is COc1ccccc1N1CCN([C@@H](c2ccc(F)cc2)c2nnnn2C(C)C)CC1. The quantitative estimate of drug-likeness (QED) is 0.621. The zero-order chi connectivity index (χ0) is 21.1. The Balaban J connectivity index is 1.61. The molecule has 3 aromatic rings. The molecule has 30 heavy (non-hydrogen) atoms. The molecule has 0 radical (unpaired) electrons. The average Bonchev–Trinajstić information content (AvgIpc) is 3.25. The second-order valence-corrected chi connectivity index (χ2v) is 7.72. The zero-order valence-electron chi connectivity index (χ0n) is 17.6. The average molecular weight is 410 g/mol. The van der Waals surface area contributed by atoms with Gasteiger partial charge < -0.3 is 9.64 Å². The van der Waals surface area contributed by atoms with Crippen LogP contribution >= 0.6 is 0 Å². The lowest BCUT2D eigenvalue weighted by molar-refractivity contribution is 0.198. The molecule has 0 unspecified atom stereocenters. The highest BCUT2D eigenvalue weighted by molar-refractivity contribution is 5.58. The molecule has 7 nitrogen and oxygen atoms in total. The largest absolute Gasteiger partial charge is 0.495 e. The Bertz CT molecular complexity index is 966. The molecule has 0 aliphatic carbocycles. The van der Waals surface area contributed by atoms with Gasteiger partial charge in [0.15, 0.2) is 5.82 Å². The Morgan fingerprint density at radius 3 is 2.33 bits per heavy atom. The van der Waals surface area contributed by atoms with E-state index in [1.165, 1.54) is 12.1 Å². The van der Waals surface area contributed by atoms with Gasteiger partial charge in [0, 0.05) is 26.2 Å². The van der Waals surface area contributed by atoms with E-state index in [-0.39, 0.29) is 17.9 Å². The fourth-order valence-electron chi connectivity index (χ4n) is 4.03. The molecule has 0 amide bonds. The number of aromatic nitrogens is 4. The summed E-state index contributed by atoms with van der Waals surface area (Å²) >= 11 is 0. The highest BCUT2D eigenvalue weighted by Crippen LogP contribution is 2.32. The Morgan fingerprint density at radius 2 is 1.67 bits per heavy atom. The number of nitrogens with zero attached hydrogens (tertiary/aromatic N) is 6. The van der Waals surface area contributed by atoms with E-state index in [1.54, 1.807) is 7.11 Å². The molecule has 8 heteroatoms. The summed E-state index contributed by atoms with van der Waals surface area (Å²) in [6.45, 7) is 7.46. The third-order valence-corrected chi connectivity index (χ3v) is 5.54. The second-order valence-electron chi connectivity index (χ2n) is 7.72. The van der Waals surface area contributed by atoms with Crippen LogP contribution in [-0.2, 0) is 0 Å². The molecule has 1 fully saturated rings. The number of tetrazole rings is 1. The van der Waals surface area contributed by atoms with Crippen molar-refractivity contribution in [1.29, 1.82) is 0 Å². The first-order valence-electron chi connectivity index (χ1n) is 10.2. The van der Waals surface area contributed by atoms with Gasteiger partial charge in [0.25, 0.3) is 0 Å². The number of anilines is 1. The van der Waals surface area contributed by atoms with Crippen LogP contribution < -0.4 is 9.64 Å². The summed E-state index contributed by atoms with van der Waals surface area (Å²) in [6.07, 6.45) is 0. The maximum Gasteiger partial charge on any atom is 0.173 e. The normalized spacial score (nSPS) is 16.1. The highest BCUT2D eigenvalue weighted by Gasteiger charge is 2.31. The molecule has 1 aliphatic rings. The van der Waals surface area contributed by atoms with E-state index in [0.29, 0.717) is 0 Å². The van der Waals surface area contributed by atoms with Crippen LogP contribution in [0.4, 0.5) is 10.1 Å². The molecule has 4 rings (SSSR count). The van der Waals surface area contributed by atoms with Crippen molar-refractivity contribution in [3.05, 3.63) is 65.7 Å². The lowest BCUT2D eigenvalue weighted by Gasteiger charge is -2.40. The zero-order valence-corrected chi connectivity index (χ0v) is 17.6. The molecule has 1 atom stereocenters. The van der Waals surface area contributed by atoms with Crippen LogP contribution in [-0.4, -0.2) is 58.4 Å². The van der Waals surface area contributed by atoms with Gasteiger partial charge in [-0.25, -0.2) is 9.07 Å². The van der Waals surface area contributed by atoms with Crippen LogP contribution in [0.1, 0.15) is 37.3 Å². The van der Waals surface area contributed by atoms with E-state index in [2.05, 4.69) is 45.2 Å². The first kappa shape index (κ1) is 20.3. The lowest BCUT2D eigenvalue weighted by Crippen LogP contribution is -2.48. The molecule has 0 N–H and O–H groups in total. The molecular weight excluding hydrogens is 383 g/mol. The van der Waals surface area contributed by atoms with Crippen LogP contribution in [0.2, 0.25) is 0 Å². The van der Waals surface area contributed by atoms with Crippen molar-refractivity contribution >= 4 is 5.69 Å². The Morgan fingerprint density at radius 1 is 0.967 bits per heavy atom. The Kier molecular flexibility index (Phi) is 5.94. The fraction of sp³-hybridized carbons (Fsp3) is 0.409. The molecule has 1 aromatic heterocycles. The fourth-order valence-corrected chi connectivity index (χ4v) is 4.03. The third-order valence-electron chi connectivity index (χ3n) is 5.54. The van der Waals surface area contributed by atoms with E-state index in [0.717, 1.165) is 49.0 Å².